The van der Waals surface area contributed by atoms with Crippen LogP contribution in [0, 0.1) is 0 Å². The largest absolute Gasteiger partial charge is 0.501 e. The molecule has 25 nitrogen and oxygen atoms in total. The van der Waals surface area contributed by atoms with E-state index in [1.165, 1.54) is 41.1 Å². The quantitative estimate of drug-likeness (QED) is 0.0269. The SMILES string of the molecule is NCc1ccc(-c2cc3ccccc3[nH]2)cc1.O=C(NCc1ccc(-c2cc3ccccc3[nH]2)cc1)c1occc(=O)c1O.O=C(NCc1ccc(-c2cc3ccccc3[nH]2)cc1)c1occc(=O)c1OCc1ccccc1.O=C(NCc1ccc(-c2cc3ccccc3[nH]2)cc1)c1occc(=O)c1OCc1ccccc1.O=C(O)c1occc(=O)c1OCc1ccccc1. The number of aromatic amines is 4. The first kappa shape index (κ1) is 87.3. The van der Waals surface area contributed by atoms with Crippen molar-refractivity contribution in [2.24, 2.45) is 5.73 Å². The van der Waals surface area contributed by atoms with Gasteiger partial charge in [-0.15, -0.1) is 0 Å². The van der Waals surface area contributed by atoms with Crippen molar-refractivity contribution in [2.45, 2.75) is 46.0 Å². The number of hydrogen-bond donors (Lipinski definition) is 10. The second-order valence-electron chi connectivity index (χ2n) is 29.5. The number of H-pyrrole nitrogens is 4. The van der Waals surface area contributed by atoms with Crippen molar-refractivity contribution in [1.29, 1.82) is 0 Å². The Kier molecular flexibility index (Phi) is 28.3. The van der Waals surface area contributed by atoms with Gasteiger partial charge in [0.15, 0.2) is 0 Å². The lowest BCUT2D eigenvalue weighted by molar-refractivity contribution is 0.0649. The van der Waals surface area contributed by atoms with Crippen LogP contribution in [-0.2, 0) is 46.0 Å². The van der Waals surface area contributed by atoms with Crippen molar-refractivity contribution >= 4 is 67.3 Å². The van der Waals surface area contributed by atoms with Gasteiger partial charge in [-0.05, 0) is 110 Å². The number of carboxylic acids is 1. The number of benzene rings is 11. The monoisotopic (exact) mass is 1730 g/mol. The zero-order chi connectivity index (χ0) is 90.1. The van der Waals surface area contributed by atoms with Crippen LogP contribution >= 0.6 is 0 Å². The summed E-state index contributed by atoms with van der Waals surface area (Å²) >= 11 is 0. The Labute approximate surface area is 741 Å². The maximum absolute atomic E-state index is 12.8. The van der Waals surface area contributed by atoms with Crippen LogP contribution in [0.2, 0.25) is 0 Å². The normalized spacial score (nSPS) is 10.7. The molecule has 3 amide bonds. The molecule has 0 radical (unpaired) electrons. The van der Waals surface area contributed by atoms with Crippen LogP contribution in [0.25, 0.3) is 88.6 Å². The van der Waals surface area contributed by atoms with E-state index in [1.54, 1.807) is 0 Å². The van der Waals surface area contributed by atoms with E-state index in [9.17, 15) is 43.5 Å². The molecule has 19 rings (SSSR count). The number of nitrogens with two attached hydrogens (primary N) is 1. The zero-order valence-electron chi connectivity index (χ0n) is 69.6. The Morgan fingerprint density at radius 1 is 0.292 bits per heavy atom. The number of carboxylic acid groups (broad SMARTS) is 1. The number of aromatic carboxylic acids is 1. The van der Waals surface area contributed by atoms with E-state index in [4.69, 9.17) is 42.7 Å². The van der Waals surface area contributed by atoms with E-state index in [1.807, 2.05) is 224 Å². The summed E-state index contributed by atoms with van der Waals surface area (Å²) in [5, 5.41) is 31.4. The van der Waals surface area contributed by atoms with Gasteiger partial charge < -0.3 is 83.7 Å². The van der Waals surface area contributed by atoms with Gasteiger partial charge in [0.2, 0.25) is 62.0 Å². The third kappa shape index (κ3) is 22.5. The van der Waals surface area contributed by atoms with Crippen molar-refractivity contribution in [3.8, 4) is 68.0 Å². The van der Waals surface area contributed by atoms with Crippen LogP contribution in [0.1, 0.15) is 81.2 Å². The molecule has 11 N–H and O–H groups in total. The average Bonchev–Trinajstić information content (AvgIpc) is 1.53. The van der Waals surface area contributed by atoms with E-state index >= 15 is 0 Å². The van der Waals surface area contributed by atoms with Gasteiger partial charge >= 0.3 is 5.97 Å². The summed E-state index contributed by atoms with van der Waals surface area (Å²) in [6.07, 6.45) is 4.50. The zero-order valence-corrected chi connectivity index (χ0v) is 69.6. The minimum Gasteiger partial charge on any atom is -0.501 e. The number of rotatable bonds is 24. The fourth-order valence-electron chi connectivity index (χ4n) is 13.8. The van der Waals surface area contributed by atoms with Gasteiger partial charge in [-0.25, -0.2) is 4.79 Å². The Morgan fingerprint density at radius 3 is 0.838 bits per heavy atom. The average molecular weight is 1730 g/mol. The molecule has 0 aliphatic carbocycles. The Morgan fingerprint density at radius 2 is 0.546 bits per heavy atom. The van der Waals surface area contributed by atoms with Crippen molar-refractivity contribution in [3.63, 3.8) is 0 Å². The third-order valence-electron chi connectivity index (χ3n) is 20.6. The lowest BCUT2D eigenvalue weighted by Gasteiger charge is -2.10. The Bertz CT molecular complexity index is 7000. The molecular weight excluding hydrogens is 1650 g/mol. The third-order valence-corrected chi connectivity index (χ3v) is 20.6. The van der Waals surface area contributed by atoms with Gasteiger partial charge in [-0.1, -0.05) is 261 Å². The van der Waals surface area contributed by atoms with Crippen LogP contribution in [0.15, 0.2) is 396 Å². The fourth-order valence-corrected chi connectivity index (χ4v) is 13.8. The highest BCUT2D eigenvalue weighted by atomic mass is 16.5. The minimum absolute atomic E-state index is 0.0991. The van der Waals surface area contributed by atoms with Crippen molar-refractivity contribution < 1.29 is 61.3 Å². The van der Waals surface area contributed by atoms with E-state index in [0.29, 0.717) is 6.54 Å². The molecule has 0 aliphatic heterocycles. The van der Waals surface area contributed by atoms with Crippen molar-refractivity contribution in [2.75, 3.05) is 0 Å². The molecule has 0 spiro atoms. The number of carbonyl (C=O) groups excluding carboxylic acids is 3. The summed E-state index contributed by atoms with van der Waals surface area (Å²) in [5.74, 6) is -5.34. The Hall–Kier alpha value is -17.6. The number of hydrogen-bond acceptors (Lipinski definition) is 17. The van der Waals surface area contributed by atoms with Crippen LogP contribution in [0.5, 0.6) is 23.0 Å². The lowest BCUT2D eigenvalue weighted by atomic mass is 10.1. The minimum atomic E-state index is -1.34. The Balaban J connectivity index is 0.000000128. The van der Waals surface area contributed by atoms with Crippen molar-refractivity contribution in [1.82, 2.24) is 35.9 Å². The van der Waals surface area contributed by atoms with Gasteiger partial charge in [0.05, 0.1) is 25.1 Å². The highest BCUT2D eigenvalue weighted by molar-refractivity contribution is 5.96. The van der Waals surface area contributed by atoms with Gasteiger partial charge in [0.25, 0.3) is 23.5 Å². The number of para-hydroxylation sites is 4. The van der Waals surface area contributed by atoms with Crippen LogP contribution in [0.3, 0.4) is 0 Å². The molecule has 8 heterocycles. The summed E-state index contributed by atoms with van der Waals surface area (Å²) in [6.45, 7) is 1.81. The first-order chi connectivity index (χ1) is 63.5. The molecular formula is C105H84N8O17. The fraction of sp³-hybridized carbons (Fsp3) is 0.0667. The summed E-state index contributed by atoms with van der Waals surface area (Å²) in [5.41, 5.74) is 23.0. The summed E-state index contributed by atoms with van der Waals surface area (Å²) in [4.78, 5) is 110. The molecule has 25 heteroatoms. The van der Waals surface area contributed by atoms with E-state index in [-0.39, 0.29) is 68.2 Å². The van der Waals surface area contributed by atoms with E-state index in [2.05, 4.69) is 121 Å². The molecule has 646 valence electrons. The van der Waals surface area contributed by atoms with Gasteiger partial charge in [-0.2, -0.15) is 0 Å². The number of fused-ring (bicyclic) bond motifs is 4. The van der Waals surface area contributed by atoms with Crippen LogP contribution in [-0.4, -0.2) is 53.8 Å². The van der Waals surface area contributed by atoms with E-state index in [0.717, 1.165) is 136 Å². The number of nitrogens with one attached hydrogen (secondary N) is 7. The predicted octanol–water partition coefficient (Wildman–Crippen LogP) is 19.2. The number of ether oxygens (including phenoxy) is 3. The van der Waals surface area contributed by atoms with Crippen LogP contribution in [0.4, 0.5) is 0 Å². The molecule has 0 fully saturated rings. The molecule has 0 bridgehead atoms. The summed E-state index contributed by atoms with van der Waals surface area (Å²) < 4.78 is 36.9. The second kappa shape index (κ2) is 42.2. The number of aromatic hydroxyl groups is 1. The molecule has 130 heavy (non-hydrogen) atoms. The molecule has 0 atom stereocenters. The maximum Gasteiger partial charge on any atom is 0.375 e. The smallest absolute Gasteiger partial charge is 0.375 e. The number of amides is 3. The lowest BCUT2D eigenvalue weighted by Crippen LogP contribution is -2.25. The molecule has 0 aliphatic rings. The first-order valence-electron chi connectivity index (χ1n) is 41.1. The molecule has 0 saturated heterocycles. The highest BCUT2D eigenvalue weighted by Crippen LogP contribution is 2.30. The molecule has 11 aromatic carbocycles. The first-order valence-corrected chi connectivity index (χ1v) is 41.1. The molecule has 0 saturated carbocycles. The molecule has 19 aromatic rings. The summed E-state index contributed by atoms with van der Waals surface area (Å²) in [7, 11) is 0. The van der Waals surface area contributed by atoms with Crippen LogP contribution < -0.4 is 57.6 Å². The topological polar surface area (TPSA) is 383 Å². The number of carbonyl (C=O) groups is 4. The second-order valence-corrected chi connectivity index (χ2v) is 29.5. The predicted molar refractivity (Wildman–Crippen MR) is 497 cm³/mol. The number of aromatic nitrogens is 4. The van der Waals surface area contributed by atoms with Gasteiger partial charge in [-0.3, -0.25) is 33.6 Å². The van der Waals surface area contributed by atoms with Crippen molar-refractivity contribution in [3.05, 3.63) is 462 Å². The summed E-state index contributed by atoms with van der Waals surface area (Å²) in [6, 6.07) is 106. The standard InChI is InChI=1S/2C28H22N2O4.C21H16N2O4.C15H14N2.C13H10O5/c2*31-25-14-15-33-27(26(25)34-18-20-6-2-1-3-7-20)28(32)29-17-19-10-12-21(13-11-19)24-16-22-8-4-5-9-23(22)30-24;24-18-9-10-27-20(19(18)25)21(26)22-12-13-5-7-14(8-6-13)17-11-15-3-1-2-4-16(15)23-17;16-10-11-5-7-12(8-6-11)15-9-13-3-1-2-4-14(13)17-15;14-10-6-7-17-12(13(15)16)11(10)18-8-9-4-2-1-3-5-9/h2*1-16,30H,17-18H2,(H,29,32);1-11,23,25H,12H2,(H,22,26);1-9,17H,10,16H2;1-7H,8H2,(H,15,16). The maximum atomic E-state index is 12.8. The van der Waals surface area contributed by atoms with Gasteiger partial charge in [0, 0.05) is 117 Å². The molecule has 8 aromatic heterocycles. The highest BCUT2D eigenvalue weighted by Gasteiger charge is 2.23. The van der Waals surface area contributed by atoms with E-state index < -0.39 is 62.7 Å². The molecule has 0 unspecified atom stereocenters. The van der Waals surface area contributed by atoms with Gasteiger partial charge in [0.1, 0.15) is 19.8 Å².